The Labute approximate surface area is 92.1 Å². The molecule has 0 aromatic carbocycles. The molecular formula is C13H21NO. The maximum absolute atomic E-state index is 11.2. The first kappa shape index (κ1) is 10.7. The molecule has 0 spiro atoms. The van der Waals surface area contributed by atoms with Crippen LogP contribution in [0.2, 0.25) is 0 Å². The molecule has 2 rings (SSSR count). The van der Waals surface area contributed by atoms with Crippen molar-refractivity contribution in [1.82, 2.24) is 5.32 Å². The molecule has 84 valence electrons. The van der Waals surface area contributed by atoms with Crippen LogP contribution in [0.25, 0.3) is 0 Å². The molecule has 0 bridgehead atoms. The van der Waals surface area contributed by atoms with Crippen LogP contribution < -0.4 is 5.32 Å². The molecule has 2 aliphatic rings. The lowest BCUT2D eigenvalue weighted by Crippen LogP contribution is -2.54. The van der Waals surface area contributed by atoms with E-state index in [-0.39, 0.29) is 11.4 Å². The Hall–Kier alpha value is -0.790. The Kier molecular flexibility index (Phi) is 2.61. The summed E-state index contributed by atoms with van der Waals surface area (Å²) in [6.45, 7) is 6.09. The van der Waals surface area contributed by atoms with E-state index in [1.54, 1.807) is 6.92 Å². The third kappa shape index (κ3) is 1.95. The Bertz CT molecular complexity index is 297. The highest BCUT2D eigenvalue weighted by Gasteiger charge is 2.43. The van der Waals surface area contributed by atoms with Gasteiger partial charge in [0.05, 0.1) is 0 Å². The van der Waals surface area contributed by atoms with Crippen LogP contribution in [0.3, 0.4) is 0 Å². The van der Waals surface area contributed by atoms with Crippen molar-refractivity contribution in [3.8, 4) is 0 Å². The number of allylic oxidation sites excluding steroid dienone is 2. The number of amides is 1. The summed E-state index contributed by atoms with van der Waals surface area (Å²) < 4.78 is 0. The van der Waals surface area contributed by atoms with E-state index in [2.05, 4.69) is 31.3 Å². The molecule has 1 fully saturated rings. The molecule has 15 heavy (non-hydrogen) atoms. The van der Waals surface area contributed by atoms with Crippen LogP contribution in [0.15, 0.2) is 12.2 Å². The van der Waals surface area contributed by atoms with Crippen LogP contribution >= 0.6 is 0 Å². The molecule has 0 heterocycles. The van der Waals surface area contributed by atoms with Crippen molar-refractivity contribution in [2.24, 2.45) is 17.8 Å². The van der Waals surface area contributed by atoms with Gasteiger partial charge in [0.2, 0.25) is 5.91 Å². The van der Waals surface area contributed by atoms with Gasteiger partial charge in [0.25, 0.3) is 0 Å². The molecule has 0 aromatic heterocycles. The van der Waals surface area contributed by atoms with Crippen molar-refractivity contribution in [1.29, 1.82) is 0 Å². The molecule has 0 unspecified atom stereocenters. The number of hydrogen-bond donors (Lipinski definition) is 1. The SMILES string of the molecule is CC(=O)N[C@@]1(C)C[C@H]2CC=C[C@H]2C[C@H]1C. The van der Waals surface area contributed by atoms with E-state index in [0.29, 0.717) is 5.92 Å². The number of fused-ring (bicyclic) bond motifs is 1. The highest BCUT2D eigenvalue weighted by atomic mass is 16.1. The highest BCUT2D eigenvalue weighted by Crippen LogP contribution is 2.45. The molecule has 2 heteroatoms. The molecule has 0 radical (unpaired) electrons. The van der Waals surface area contributed by atoms with E-state index in [0.717, 1.165) is 18.3 Å². The summed E-state index contributed by atoms with van der Waals surface area (Å²) in [5, 5.41) is 3.15. The second-order valence-corrected chi connectivity index (χ2v) is 5.53. The number of nitrogens with one attached hydrogen (secondary N) is 1. The largest absolute Gasteiger partial charge is 0.351 e. The topological polar surface area (TPSA) is 29.1 Å². The Balaban J connectivity index is 2.10. The second kappa shape index (κ2) is 3.66. The zero-order valence-electron chi connectivity index (χ0n) is 9.92. The van der Waals surface area contributed by atoms with Crippen molar-refractivity contribution >= 4 is 5.91 Å². The third-order valence-corrected chi connectivity index (χ3v) is 4.29. The van der Waals surface area contributed by atoms with Crippen molar-refractivity contribution in [2.75, 3.05) is 0 Å². The first-order valence-corrected chi connectivity index (χ1v) is 5.96. The van der Waals surface area contributed by atoms with E-state index >= 15 is 0 Å². The van der Waals surface area contributed by atoms with Gasteiger partial charge in [0, 0.05) is 12.5 Å². The predicted octanol–water partition coefficient (Wildman–Crippen LogP) is 2.50. The van der Waals surface area contributed by atoms with Gasteiger partial charge in [-0.25, -0.2) is 0 Å². The second-order valence-electron chi connectivity index (χ2n) is 5.53. The van der Waals surface area contributed by atoms with E-state index < -0.39 is 0 Å². The van der Waals surface area contributed by atoms with Gasteiger partial charge in [-0.05, 0) is 43.9 Å². The van der Waals surface area contributed by atoms with Gasteiger partial charge < -0.3 is 5.32 Å². The molecule has 2 nitrogen and oxygen atoms in total. The standard InChI is InChI=1S/C13H21NO/c1-9-7-11-5-4-6-12(11)8-13(9,3)14-10(2)15/h4-5,9,11-12H,6-8H2,1-3H3,(H,14,15)/t9-,11+,12-,13+/m1/s1. The molecule has 1 N–H and O–H groups in total. The first-order chi connectivity index (χ1) is 7.01. The Morgan fingerprint density at radius 2 is 2.27 bits per heavy atom. The number of carbonyl (C=O) groups is 1. The molecule has 1 saturated carbocycles. The van der Waals surface area contributed by atoms with Crippen molar-refractivity contribution in [3.05, 3.63) is 12.2 Å². The van der Waals surface area contributed by atoms with Crippen molar-refractivity contribution in [3.63, 3.8) is 0 Å². The Morgan fingerprint density at radius 1 is 1.53 bits per heavy atom. The summed E-state index contributed by atoms with van der Waals surface area (Å²) in [6.07, 6.45) is 8.23. The van der Waals surface area contributed by atoms with Gasteiger partial charge in [-0.15, -0.1) is 0 Å². The van der Waals surface area contributed by atoms with Crippen molar-refractivity contribution < 1.29 is 4.79 Å². The lowest BCUT2D eigenvalue weighted by Gasteiger charge is -2.45. The number of rotatable bonds is 1. The van der Waals surface area contributed by atoms with E-state index in [9.17, 15) is 4.79 Å². The summed E-state index contributed by atoms with van der Waals surface area (Å²) >= 11 is 0. The highest BCUT2D eigenvalue weighted by molar-refractivity contribution is 5.73. The fraction of sp³-hybridized carbons (Fsp3) is 0.769. The lowest BCUT2D eigenvalue weighted by atomic mass is 9.66. The summed E-state index contributed by atoms with van der Waals surface area (Å²) in [5.74, 6) is 2.21. The van der Waals surface area contributed by atoms with Crippen molar-refractivity contribution in [2.45, 2.75) is 45.6 Å². The average molecular weight is 207 g/mol. The average Bonchev–Trinajstić information content (AvgIpc) is 2.50. The van der Waals surface area contributed by atoms with Gasteiger partial charge in [-0.1, -0.05) is 19.1 Å². The van der Waals surface area contributed by atoms with Gasteiger partial charge in [-0.2, -0.15) is 0 Å². The molecule has 0 saturated heterocycles. The van der Waals surface area contributed by atoms with Gasteiger partial charge in [0.15, 0.2) is 0 Å². The summed E-state index contributed by atoms with van der Waals surface area (Å²) in [5.41, 5.74) is 0.0129. The van der Waals surface area contributed by atoms with E-state index in [1.807, 2.05) is 0 Å². The third-order valence-electron chi connectivity index (χ3n) is 4.29. The summed E-state index contributed by atoms with van der Waals surface area (Å²) in [4.78, 5) is 11.2. The van der Waals surface area contributed by atoms with Gasteiger partial charge in [0.1, 0.15) is 0 Å². The maximum Gasteiger partial charge on any atom is 0.217 e. The molecule has 2 aliphatic carbocycles. The molecule has 1 amide bonds. The molecule has 0 aliphatic heterocycles. The fourth-order valence-corrected chi connectivity index (χ4v) is 3.26. The molecule has 0 aromatic rings. The van der Waals surface area contributed by atoms with Crippen LogP contribution in [0.5, 0.6) is 0 Å². The molecule has 4 atom stereocenters. The first-order valence-electron chi connectivity index (χ1n) is 5.96. The number of hydrogen-bond acceptors (Lipinski definition) is 1. The van der Waals surface area contributed by atoms with Crippen LogP contribution in [0.1, 0.15) is 40.0 Å². The normalized spacial score (nSPS) is 43.8. The molecular weight excluding hydrogens is 186 g/mol. The van der Waals surface area contributed by atoms with E-state index in [4.69, 9.17) is 0 Å². The van der Waals surface area contributed by atoms with Crippen LogP contribution in [-0.2, 0) is 4.79 Å². The minimum absolute atomic E-state index is 0.0129. The summed E-state index contributed by atoms with van der Waals surface area (Å²) in [7, 11) is 0. The fourth-order valence-electron chi connectivity index (χ4n) is 3.26. The zero-order chi connectivity index (χ0) is 11.1. The minimum Gasteiger partial charge on any atom is -0.351 e. The number of carbonyl (C=O) groups excluding carboxylic acids is 1. The van der Waals surface area contributed by atoms with Crippen LogP contribution in [-0.4, -0.2) is 11.4 Å². The van der Waals surface area contributed by atoms with Gasteiger partial charge in [-0.3, -0.25) is 4.79 Å². The Morgan fingerprint density at radius 3 is 2.93 bits per heavy atom. The minimum atomic E-state index is 0.0129. The monoisotopic (exact) mass is 207 g/mol. The predicted molar refractivity (Wildman–Crippen MR) is 61.4 cm³/mol. The van der Waals surface area contributed by atoms with E-state index in [1.165, 1.54) is 12.8 Å². The maximum atomic E-state index is 11.2. The van der Waals surface area contributed by atoms with Crippen LogP contribution in [0.4, 0.5) is 0 Å². The van der Waals surface area contributed by atoms with Gasteiger partial charge >= 0.3 is 0 Å². The summed E-state index contributed by atoms with van der Waals surface area (Å²) in [6, 6.07) is 0. The van der Waals surface area contributed by atoms with Crippen LogP contribution in [0, 0.1) is 17.8 Å². The zero-order valence-corrected chi connectivity index (χ0v) is 9.92. The smallest absolute Gasteiger partial charge is 0.217 e. The lowest BCUT2D eigenvalue weighted by molar-refractivity contribution is -0.122. The quantitative estimate of drug-likeness (QED) is 0.658.